The highest BCUT2D eigenvalue weighted by Gasteiger charge is 2.25. The van der Waals surface area contributed by atoms with Gasteiger partial charge in [-0.1, -0.05) is 218 Å². The van der Waals surface area contributed by atoms with E-state index in [0.717, 1.165) is 88.4 Å². The van der Waals surface area contributed by atoms with Crippen LogP contribution in [0.2, 0.25) is 0 Å². The maximum atomic E-state index is 5.49. The Kier molecular flexibility index (Phi) is 9.43. The molecule has 3 aromatic heterocycles. The van der Waals surface area contributed by atoms with Gasteiger partial charge < -0.3 is 4.57 Å². The van der Waals surface area contributed by atoms with Gasteiger partial charge in [0.2, 0.25) is 5.95 Å². The summed E-state index contributed by atoms with van der Waals surface area (Å²) in [6, 6.07) is 88.2. The fourth-order valence-electron chi connectivity index (χ4n) is 10.1. The van der Waals surface area contributed by atoms with Crippen molar-refractivity contribution >= 4 is 43.6 Å². The summed E-state index contributed by atoms with van der Waals surface area (Å²) in [5, 5.41) is 4.54. The molecule has 13 aromatic rings. The second-order valence-electron chi connectivity index (χ2n) is 17.2. The molecule has 0 saturated carbocycles. The van der Waals surface area contributed by atoms with Gasteiger partial charge in [0.25, 0.3) is 0 Å². The number of hydrogen-bond donors (Lipinski definition) is 0. The Morgan fingerprint density at radius 3 is 1.31 bits per heavy atom. The Balaban J connectivity index is 1.11. The molecule has 0 amide bonds. The van der Waals surface area contributed by atoms with Gasteiger partial charge in [-0.05, 0) is 69.3 Å². The van der Waals surface area contributed by atoms with Crippen molar-refractivity contribution in [2.45, 2.75) is 0 Å². The van der Waals surface area contributed by atoms with E-state index in [1.54, 1.807) is 0 Å². The quantitative estimate of drug-likeness (QED) is 0.153. The van der Waals surface area contributed by atoms with Gasteiger partial charge in [0.15, 0.2) is 11.6 Å². The van der Waals surface area contributed by atoms with Crippen LogP contribution in [0.25, 0.3) is 123 Å². The first-order valence-electron chi connectivity index (χ1n) is 23.0. The number of hydrogen-bond acceptors (Lipinski definition) is 3. The molecular formula is C63H41N5. The minimum absolute atomic E-state index is 0.544. The van der Waals surface area contributed by atoms with E-state index < -0.39 is 0 Å². The molecule has 0 N–H and O–H groups in total. The lowest BCUT2D eigenvalue weighted by molar-refractivity contribution is 0.953. The fraction of sp³-hybridized carbons (Fsp3) is 0. The highest BCUT2D eigenvalue weighted by Crippen LogP contribution is 2.45. The molecule has 0 saturated heterocycles. The second-order valence-corrected chi connectivity index (χ2v) is 17.2. The third kappa shape index (κ3) is 6.59. The molecule has 0 aliphatic rings. The molecule has 5 nitrogen and oxygen atoms in total. The minimum atomic E-state index is 0.544. The Morgan fingerprint density at radius 1 is 0.265 bits per heavy atom. The van der Waals surface area contributed by atoms with Crippen LogP contribution in [0.5, 0.6) is 0 Å². The van der Waals surface area contributed by atoms with Gasteiger partial charge in [0.05, 0.1) is 27.8 Å². The van der Waals surface area contributed by atoms with Crippen LogP contribution >= 0.6 is 0 Å². The lowest BCUT2D eigenvalue weighted by Gasteiger charge is -2.19. The smallest absolute Gasteiger partial charge is 0.238 e. The summed E-state index contributed by atoms with van der Waals surface area (Å²) < 4.78 is 4.75. The summed E-state index contributed by atoms with van der Waals surface area (Å²) in [4.78, 5) is 16.1. The molecule has 13 rings (SSSR count). The Bertz CT molecular complexity index is 4010. The van der Waals surface area contributed by atoms with E-state index in [9.17, 15) is 0 Å². The van der Waals surface area contributed by atoms with Crippen LogP contribution in [0.15, 0.2) is 249 Å². The van der Waals surface area contributed by atoms with Gasteiger partial charge in [-0.25, -0.2) is 4.98 Å². The number of rotatable bonds is 8. The summed E-state index contributed by atoms with van der Waals surface area (Å²) in [5.74, 6) is 1.74. The van der Waals surface area contributed by atoms with E-state index in [4.69, 9.17) is 15.0 Å². The molecular weight excluding hydrogens is 827 g/mol. The van der Waals surface area contributed by atoms with Crippen molar-refractivity contribution in [3.8, 4) is 78.9 Å². The van der Waals surface area contributed by atoms with Crippen LogP contribution < -0.4 is 0 Å². The van der Waals surface area contributed by atoms with E-state index in [1.165, 1.54) is 16.5 Å². The van der Waals surface area contributed by atoms with E-state index >= 15 is 0 Å². The predicted octanol–water partition coefficient (Wildman–Crippen LogP) is 16.1. The van der Waals surface area contributed by atoms with Gasteiger partial charge in [0, 0.05) is 38.2 Å². The normalized spacial score (nSPS) is 11.5. The first-order valence-corrected chi connectivity index (χ1v) is 23.0. The molecule has 318 valence electrons. The highest BCUT2D eigenvalue weighted by atomic mass is 15.2. The SMILES string of the molecule is c1ccc(-c2cccc(-c3cccc(-c4nc(-c5ccccc5)nc(-n5c6ccccc6c6ccc7c8ccccc8n(-c8cccc(-c9ccccc9)c8-c8ccccc8)c7c65)n4)c3)c2)cc1. The van der Waals surface area contributed by atoms with Gasteiger partial charge in [-0.15, -0.1) is 0 Å². The van der Waals surface area contributed by atoms with Gasteiger partial charge in [-0.2, -0.15) is 9.97 Å². The molecule has 10 aromatic carbocycles. The van der Waals surface area contributed by atoms with E-state index in [0.29, 0.717) is 17.6 Å². The molecule has 0 bridgehead atoms. The monoisotopic (exact) mass is 867 g/mol. The van der Waals surface area contributed by atoms with E-state index in [1.807, 2.05) is 18.2 Å². The summed E-state index contributed by atoms with van der Waals surface area (Å²) in [6.07, 6.45) is 0. The van der Waals surface area contributed by atoms with Gasteiger partial charge >= 0.3 is 0 Å². The van der Waals surface area contributed by atoms with Crippen LogP contribution in [0.4, 0.5) is 0 Å². The van der Waals surface area contributed by atoms with Crippen LogP contribution in [0, 0.1) is 0 Å². The van der Waals surface area contributed by atoms with Crippen molar-refractivity contribution in [1.29, 1.82) is 0 Å². The highest BCUT2D eigenvalue weighted by molar-refractivity contribution is 6.24. The van der Waals surface area contributed by atoms with Crippen molar-refractivity contribution in [2.24, 2.45) is 0 Å². The van der Waals surface area contributed by atoms with Crippen molar-refractivity contribution < 1.29 is 0 Å². The van der Waals surface area contributed by atoms with Gasteiger partial charge in [-0.3, -0.25) is 4.57 Å². The Hall–Kier alpha value is -9.19. The van der Waals surface area contributed by atoms with Crippen molar-refractivity contribution in [2.75, 3.05) is 0 Å². The predicted molar refractivity (Wildman–Crippen MR) is 281 cm³/mol. The van der Waals surface area contributed by atoms with Crippen molar-refractivity contribution in [3.63, 3.8) is 0 Å². The van der Waals surface area contributed by atoms with Crippen LogP contribution in [0.3, 0.4) is 0 Å². The molecule has 0 spiro atoms. The molecule has 0 atom stereocenters. The zero-order chi connectivity index (χ0) is 45.0. The van der Waals surface area contributed by atoms with Crippen LogP contribution in [-0.4, -0.2) is 24.1 Å². The average molecular weight is 868 g/mol. The maximum Gasteiger partial charge on any atom is 0.238 e. The van der Waals surface area contributed by atoms with Crippen LogP contribution in [0.1, 0.15) is 0 Å². The largest absolute Gasteiger partial charge is 0.307 e. The zero-order valence-corrected chi connectivity index (χ0v) is 36.9. The third-order valence-corrected chi connectivity index (χ3v) is 13.2. The summed E-state index contributed by atoms with van der Waals surface area (Å²) in [6.45, 7) is 0. The summed E-state index contributed by atoms with van der Waals surface area (Å²) in [5.41, 5.74) is 16.3. The molecule has 0 aliphatic heterocycles. The standard InChI is InChI=1S/C63H41N5/c1-5-20-42(21-6-1)46-28-17-29-47(40-46)48-30-18-31-49(41-48)62-64-61(45-26-11-4-12-27-45)65-63(66-62)68-56-36-16-14-33-52(56)54-39-38-53-51-32-13-15-35-55(51)67(59(53)60(54)68)57-37-19-34-50(43-22-7-2-8-23-43)58(57)44-24-9-3-10-25-44/h1-41H. The van der Waals surface area contributed by atoms with Crippen LogP contribution in [-0.2, 0) is 0 Å². The minimum Gasteiger partial charge on any atom is -0.307 e. The number of nitrogens with zero attached hydrogens (tertiary/aromatic N) is 5. The number of aromatic nitrogens is 5. The zero-order valence-electron chi connectivity index (χ0n) is 36.9. The molecule has 0 aliphatic carbocycles. The second kappa shape index (κ2) is 16.4. The average Bonchev–Trinajstić information content (AvgIpc) is 3.95. The Labute approximate surface area is 393 Å². The first-order chi connectivity index (χ1) is 33.7. The van der Waals surface area contributed by atoms with Crippen molar-refractivity contribution in [1.82, 2.24) is 24.1 Å². The lowest BCUT2D eigenvalue weighted by atomic mass is 9.93. The molecule has 0 radical (unpaired) electrons. The van der Waals surface area contributed by atoms with Gasteiger partial charge in [0.1, 0.15) is 0 Å². The summed E-state index contributed by atoms with van der Waals surface area (Å²) in [7, 11) is 0. The number of fused-ring (bicyclic) bond motifs is 7. The maximum absolute atomic E-state index is 5.49. The van der Waals surface area contributed by atoms with E-state index in [-0.39, 0.29) is 0 Å². The molecule has 0 unspecified atom stereocenters. The lowest BCUT2D eigenvalue weighted by Crippen LogP contribution is -2.07. The van der Waals surface area contributed by atoms with Crippen molar-refractivity contribution in [3.05, 3.63) is 249 Å². The summed E-state index contributed by atoms with van der Waals surface area (Å²) >= 11 is 0. The topological polar surface area (TPSA) is 48.5 Å². The third-order valence-electron chi connectivity index (χ3n) is 13.2. The Morgan fingerprint density at radius 2 is 0.691 bits per heavy atom. The first kappa shape index (κ1) is 39.2. The van der Waals surface area contributed by atoms with E-state index in [2.05, 4.69) is 240 Å². The molecule has 3 heterocycles. The number of para-hydroxylation sites is 2. The number of benzene rings is 10. The molecule has 5 heteroatoms. The fourth-order valence-corrected chi connectivity index (χ4v) is 10.1. The molecule has 0 fully saturated rings. The molecule has 68 heavy (non-hydrogen) atoms.